The van der Waals surface area contributed by atoms with Gasteiger partial charge in [0.1, 0.15) is 5.75 Å². The third kappa shape index (κ3) is 5.26. The second-order valence-electron chi connectivity index (χ2n) is 16.0. The number of benzene rings is 4. The fraction of sp³-hybridized carbons (Fsp3) is 0.349. The molecule has 4 aromatic carbocycles. The number of fused-ring (bicyclic) bond motifs is 2. The molecule has 0 radical (unpaired) electrons. The molecule has 6 rings (SSSR count). The molecule has 0 heterocycles. The van der Waals surface area contributed by atoms with Crippen molar-refractivity contribution in [1.29, 1.82) is 0 Å². The average Bonchev–Trinajstić information content (AvgIpc) is 3.51. The molecule has 0 spiro atoms. The van der Waals surface area contributed by atoms with Gasteiger partial charge in [-0.2, -0.15) is 0 Å². The van der Waals surface area contributed by atoms with Crippen molar-refractivity contribution in [2.75, 3.05) is 7.11 Å². The summed E-state index contributed by atoms with van der Waals surface area (Å²) in [5.74, 6) is 1.03. The zero-order chi connectivity index (χ0) is 32.5. The zero-order valence-electron chi connectivity index (χ0n) is 29.3. The van der Waals surface area contributed by atoms with Gasteiger partial charge in [0.15, 0.2) is 0 Å². The van der Waals surface area contributed by atoms with Crippen molar-refractivity contribution < 1.29 is 4.74 Å². The first-order valence-corrected chi connectivity index (χ1v) is 19.6. The van der Waals surface area contributed by atoms with Gasteiger partial charge in [0.25, 0.3) is 0 Å². The first kappa shape index (κ1) is 31.4. The molecule has 0 fully saturated rings. The molecular formula is C43H50OSi. The van der Waals surface area contributed by atoms with Gasteiger partial charge in [-0.3, -0.25) is 0 Å². The minimum Gasteiger partial charge on any atom is -0.496 e. The van der Waals surface area contributed by atoms with E-state index in [0.717, 1.165) is 12.2 Å². The fourth-order valence-electron chi connectivity index (χ4n) is 8.29. The van der Waals surface area contributed by atoms with E-state index in [9.17, 15) is 0 Å². The normalized spacial score (nSPS) is 16.5. The van der Waals surface area contributed by atoms with Crippen LogP contribution in [0.3, 0.4) is 0 Å². The quantitative estimate of drug-likeness (QED) is 0.204. The lowest BCUT2D eigenvalue weighted by Gasteiger charge is -2.36. The minimum atomic E-state index is -2.13. The average molecular weight is 611 g/mol. The van der Waals surface area contributed by atoms with E-state index < -0.39 is 8.07 Å². The smallest absolute Gasteiger partial charge is 0.130 e. The molecule has 2 aliphatic carbocycles. The molecule has 0 amide bonds. The van der Waals surface area contributed by atoms with Crippen LogP contribution in [0.2, 0.25) is 13.1 Å². The number of hydrogen-bond acceptors (Lipinski definition) is 1. The van der Waals surface area contributed by atoms with Crippen molar-refractivity contribution in [3.05, 3.63) is 123 Å². The van der Waals surface area contributed by atoms with Crippen LogP contribution in [0.25, 0.3) is 33.5 Å². The van der Waals surface area contributed by atoms with E-state index in [0.29, 0.717) is 5.54 Å². The SMILES string of the molecule is COc1c(C(C)(C)C)cc2c(c1-c1ccccc1)CC(C)=C2[Si](C)(C)C1C(C)=Cc2c(-c3ccccc3)cc(C(C)(C)C)cc21. The van der Waals surface area contributed by atoms with E-state index in [-0.39, 0.29) is 10.8 Å². The molecule has 0 aromatic heterocycles. The molecule has 0 N–H and O–H groups in total. The monoisotopic (exact) mass is 610 g/mol. The molecule has 0 aliphatic heterocycles. The number of methoxy groups -OCH3 is 1. The second kappa shape index (κ2) is 11.0. The Labute approximate surface area is 273 Å². The van der Waals surface area contributed by atoms with Crippen LogP contribution in [0, 0.1) is 0 Å². The van der Waals surface area contributed by atoms with Gasteiger partial charge in [0.2, 0.25) is 0 Å². The lowest BCUT2D eigenvalue weighted by atomic mass is 9.81. The Kier molecular flexibility index (Phi) is 7.68. The predicted octanol–water partition coefficient (Wildman–Crippen LogP) is 11.9. The van der Waals surface area contributed by atoms with Gasteiger partial charge < -0.3 is 4.74 Å². The van der Waals surface area contributed by atoms with Crippen LogP contribution in [-0.4, -0.2) is 15.2 Å². The molecule has 0 saturated carbocycles. The molecule has 2 heteroatoms. The summed E-state index contributed by atoms with van der Waals surface area (Å²) in [6.45, 7) is 24.1. The van der Waals surface area contributed by atoms with Crippen LogP contribution in [-0.2, 0) is 17.3 Å². The first-order chi connectivity index (χ1) is 21.1. The van der Waals surface area contributed by atoms with Crippen LogP contribution in [0.5, 0.6) is 5.75 Å². The molecular weight excluding hydrogens is 561 g/mol. The summed E-state index contributed by atoms with van der Waals surface area (Å²) in [7, 11) is -0.288. The van der Waals surface area contributed by atoms with Crippen molar-refractivity contribution in [3.8, 4) is 28.0 Å². The van der Waals surface area contributed by atoms with Crippen molar-refractivity contribution in [1.82, 2.24) is 0 Å². The Bertz CT molecular complexity index is 1840. The highest BCUT2D eigenvalue weighted by molar-refractivity contribution is 6.96. The largest absolute Gasteiger partial charge is 0.496 e. The third-order valence-electron chi connectivity index (χ3n) is 10.3. The van der Waals surface area contributed by atoms with Crippen molar-refractivity contribution in [3.63, 3.8) is 0 Å². The van der Waals surface area contributed by atoms with Gasteiger partial charge in [-0.1, -0.05) is 150 Å². The fourth-order valence-corrected chi connectivity index (χ4v) is 12.9. The van der Waals surface area contributed by atoms with Gasteiger partial charge in [-0.15, -0.1) is 0 Å². The molecule has 1 unspecified atom stereocenters. The van der Waals surface area contributed by atoms with Crippen molar-refractivity contribution in [2.45, 2.75) is 91.3 Å². The Hall–Kier alpha value is -3.62. The van der Waals surface area contributed by atoms with E-state index in [2.05, 4.69) is 153 Å². The van der Waals surface area contributed by atoms with Gasteiger partial charge in [-0.25, -0.2) is 0 Å². The maximum Gasteiger partial charge on any atom is 0.130 e. The van der Waals surface area contributed by atoms with E-state index in [1.54, 1.807) is 5.20 Å². The number of ether oxygens (including phenoxy) is 1. The molecule has 1 nitrogen and oxygen atoms in total. The van der Waals surface area contributed by atoms with Gasteiger partial charge in [0, 0.05) is 16.7 Å². The van der Waals surface area contributed by atoms with E-state index in [1.807, 2.05) is 7.11 Å². The summed E-state index contributed by atoms with van der Waals surface area (Å²) in [4.78, 5) is 0. The molecule has 0 bridgehead atoms. The van der Waals surface area contributed by atoms with E-state index >= 15 is 0 Å². The Morgan fingerprint density at radius 1 is 0.733 bits per heavy atom. The predicted molar refractivity (Wildman–Crippen MR) is 198 cm³/mol. The zero-order valence-corrected chi connectivity index (χ0v) is 30.3. The first-order valence-electron chi connectivity index (χ1n) is 16.6. The van der Waals surface area contributed by atoms with Crippen molar-refractivity contribution in [2.24, 2.45) is 0 Å². The third-order valence-corrected chi connectivity index (χ3v) is 14.5. The van der Waals surface area contributed by atoms with Crippen LogP contribution in [0.1, 0.15) is 94.3 Å². The molecule has 45 heavy (non-hydrogen) atoms. The van der Waals surface area contributed by atoms with Crippen LogP contribution >= 0.6 is 0 Å². The van der Waals surface area contributed by atoms with Gasteiger partial charge in [0.05, 0.1) is 15.2 Å². The van der Waals surface area contributed by atoms with E-state index in [4.69, 9.17) is 4.74 Å². The van der Waals surface area contributed by atoms with Crippen LogP contribution < -0.4 is 4.74 Å². The highest BCUT2D eigenvalue weighted by atomic mass is 28.3. The highest BCUT2D eigenvalue weighted by Gasteiger charge is 2.46. The lowest BCUT2D eigenvalue weighted by molar-refractivity contribution is 0.399. The van der Waals surface area contributed by atoms with Gasteiger partial charge in [-0.05, 0) is 81.7 Å². The summed E-state index contributed by atoms with van der Waals surface area (Å²) < 4.78 is 6.29. The molecule has 0 saturated heterocycles. The number of allylic oxidation sites excluding steroid dienone is 2. The maximum absolute atomic E-state index is 6.29. The lowest BCUT2D eigenvalue weighted by Crippen LogP contribution is -2.37. The van der Waals surface area contributed by atoms with Crippen molar-refractivity contribution >= 4 is 19.3 Å². The molecule has 4 aromatic rings. The van der Waals surface area contributed by atoms with Crippen LogP contribution in [0.15, 0.2) is 90.0 Å². The second-order valence-corrected chi connectivity index (χ2v) is 20.5. The number of hydrogen-bond donors (Lipinski definition) is 0. The Morgan fingerprint density at radius 2 is 1.33 bits per heavy atom. The molecule has 232 valence electrons. The number of rotatable bonds is 5. The van der Waals surface area contributed by atoms with E-state index in [1.165, 1.54) is 66.8 Å². The minimum absolute atomic E-state index is 0.0564. The summed E-state index contributed by atoms with van der Waals surface area (Å²) in [6, 6.07) is 29.4. The Balaban J connectivity index is 1.59. The topological polar surface area (TPSA) is 9.23 Å². The summed E-state index contributed by atoms with van der Waals surface area (Å²) >= 11 is 0. The van der Waals surface area contributed by atoms with Gasteiger partial charge >= 0.3 is 0 Å². The maximum atomic E-state index is 6.29. The Morgan fingerprint density at radius 3 is 1.89 bits per heavy atom. The standard InChI is InChI=1S/C43H50OSi/c1-27-22-33-32(29-18-14-12-15-19-29)24-31(42(3,4)5)25-35(33)40(27)45(10,11)41-28(2)23-34-36(41)26-37(43(6,7)8)39(44-9)38(34)30-20-16-13-17-21-30/h12-22,24-26,40H,23H2,1-11H3. The molecule has 1 atom stereocenters. The summed E-state index contributed by atoms with van der Waals surface area (Å²) in [6.07, 6.45) is 3.49. The summed E-state index contributed by atoms with van der Waals surface area (Å²) in [5.41, 5.74) is 17.2. The summed E-state index contributed by atoms with van der Waals surface area (Å²) in [5, 5.41) is 1.64. The highest BCUT2D eigenvalue weighted by Crippen LogP contribution is 2.55. The van der Waals surface area contributed by atoms with Crippen LogP contribution in [0.4, 0.5) is 0 Å². The molecule has 2 aliphatic rings.